The van der Waals surface area contributed by atoms with Crippen molar-refractivity contribution in [1.82, 2.24) is 14.5 Å². The first kappa shape index (κ1) is 18.8. The largest absolute Gasteiger partial charge is 0.494 e. The summed E-state index contributed by atoms with van der Waals surface area (Å²) in [6.45, 7) is 5.95. The number of hydrogen-bond donors (Lipinski definition) is 2. The molecular weight excluding hydrogens is 364 g/mol. The molecule has 1 aliphatic heterocycles. The van der Waals surface area contributed by atoms with Gasteiger partial charge < -0.3 is 15.1 Å². The van der Waals surface area contributed by atoms with Crippen LogP contribution in [0.15, 0.2) is 24.4 Å². The quantitative estimate of drug-likeness (QED) is 0.730. The van der Waals surface area contributed by atoms with Gasteiger partial charge in [-0.15, -0.1) is 0 Å². The van der Waals surface area contributed by atoms with Crippen LogP contribution in [-0.4, -0.2) is 57.4 Å². The number of fused-ring (bicyclic) bond motifs is 2. The Kier molecular flexibility index (Phi) is 5.12. The molecule has 6 heteroatoms. The van der Waals surface area contributed by atoms with Crippen LogP contribution in [0.25, 0.3) is 0 Å². The molecule has 1 saturated carbocycles. The normalized spacial score (nSPS) is 24.1. The standard InChI is InChI=1S/C23H32N4O2/c28-22-20-17-6-7-18(9-8-17)21(20)23(29)27(22)12-4-3-11-25-13-15-26(16-14-25)19-5-1-2-10-24-19/h1-2,5,10,17-18,28-29H,3-4,6-9,11-16H2. The Hall–Kier alpha value is -2.21. The average molecular weight is 397 g/mol. The third-order valence-corrected chi connectivity index (χ3v) is 7.28. The second-order valence-electron chi connectivity index (χ2n) is 8.90. The first-order chi connectivity index (χ1) is 14.2. The summed E-state index contributed by atoms with van der Waals surface area (Å²) in [5, 5.41) is 21.5. The zero-order chi connectivity index (χ0) is 19.8. The monoisotopic (exact) mass is 396 g/mol. The first-order valence-electron chi connectivity index (χ1n) is 11.2. The molecule has 3 heterocycles. The summed E-state index contributed by atoms with van der Waals surface area (Å²) in [5.74, 6) is 2.67. The number of unbranched alkanes of at least 4 members (excludes halogenated alkanes) is 1. The van der Waals surface area contributed by atoms with Gasteiger partial charge in [0.05, 0.1) is 0 Å². The first-order valence-corrected chi connectivity index (χ1v) is 11.2. The van der Waals surface area contributed by atoms with E-state index in [9.17, 15) is 10.2 Å². The van der Waals surface area contributed by atoms with Crippen LogP contribution in [0.1, 0.15) is 61.5 Å². The van der Waals surface area contributed by atoms with E-state index in [1.807, 2.05) is 18.3 Å². The van der Waals surface area contributed by atoms with Crippen LogP contribution in [0.3, 0.4) is 0 Å². The molecule has 0 aromatic carbocycles. The molecule has 0 amide bonds. The number of rotatable bonds is 6. The van der Waals surface area contributed by atoms with Crippen molar-refractivity contribution in [2.24, 2.45) is 0 Å². The zero-order valence-corrected chi connectivity index (χ0v) is 17.1. The molecule has 2 N–H and O–H groups in total. The predicted octanol–water partition coefficient (Wildman–Crippen LogP) is 3.65. The number of aromatic nitrogens is 2. The van der Waals surface area contributed by atoms with Gasteiger partial charge in [0.25, 0.3) is 0 Å². The van der Waals surface area contributed by atoms with E-state index in [-0.39, 0.29) is 0 Å². The summed E-state index contributed by atoms with van der Waals surface area (Å²) in [6.07, 6.45) is 8.58. The Balaban J connectivity index is 1.11. The molecule has 4 aliphatic rings. The fraction of sp³-hybridized carbons (Fsp3) is 0.609. The topological polar surface area (TPSA) is 64.8 Å². The summed E-state index contributed by atoms with van der Waals surface area (Å²) >= 11 is 0. The maximum Gasteiger partial charge on any atom is 0.197 e. The Labute approximate surface area is 172 Å². The highest BCUT2D eigenvalue weighted by molar-refractivity contribution is 5.52. The molecule has 0 spiro atoms. The van der Waals surface area contributed by atoms with E-state index in [1.165, 1.54) is 25.7 Å². The van der Waals surface area contributed by atoms with Gasteiger partial charge in [0.15, 0.2) is 11.8 Å². The summed E-state index contributed by atoms with van der Waals surface area (Å²) in [6, 6.07) is 6.09. The number of piperazine rings is 1. The van der Waals surface area contributed by atoms with Gasteiger partial charge in [-0.05, 0) is 69.0 Å². The van der Waals surface area contributed by atoms with Crippen LogP contribution >= 0.6 is 0 Å². The number of pyridine rings is 1. The average Bonchev–Trinajstić information content (AvgIpc) is 3.05. The third-order valence-electron chi connectivity index (χ3n) is 7.28. The van der Waals surface area contributed by atoms with Crippen LogP contribution in [0.4, 0.5) is 5.82 Å². The van der Waals surface area contributed by atoms with Crippen molar-refractivity contribution in [2.45, 2.75) is 56.9 Å². The Morgan fingerprint density at radius 1 is 0.828 bits per heavy atom. The van der Waals surface area contributed by atoms with E-state index in [0.717, 1.165) is 62.5 Å². The van der Waals surface area contributed by atoms with E-state index >= 15 is 0 Å². The molecule has 2 bridgehead atoms. The highest BCUT2D eigenvalue weighted by Gasteiger charge is 2.40. The van der Waals surface area contributed by atoms with E-state index in [1.54, 1.807) is 4.57 Å². The molecule has 29 heavy (non-hydrogen) atoms. The molecule has 0 atom stereocenters. The molecular formula is C23H32N4O2. The number of hydrogen-bond acceptors (Lipinski definition) is 5. The maximum absolute atomic E-state index is 10.7. The molecule has 2 aromatic rings. The minimum Gasteiger partial charge on any atom is -0.494 e. The van der Waals surface area contributed by atoms with E-state index in [4.69, 9.17) is 0 Å². The van der Waals surface area contributed by atoms with Crippen LogP contribution in [-0.2, 0) is 6.54 Å². The third kappa shape index (κ3) is 3.48. The summed E-state index contributed by atoms with van der Waals surface area (Å²) in [7, 11) is 0. The maximum atomic E-state index is 10.7. The van der Waals surface area contributed by atoms with Crippen molar-refractivity contribution in [3.63, 3.8) is 0 Å². The minimum atomic E-state index is 0.343. The molecule has 2 fully saturated rings. The molecule has 0 unspecified atom stereocenters. The van der Waals surface area contributed by atoms with Gasteiger partial charge in [-0.3, -0.25) is 9.47 Å². The molecule has 6 nitrogen and oxygen atoms in total. The van der Waals surface area contributed by atoms with Gasteiger partial charge >= 0.3 is 0 Å². The molecule has 2 aromatic heterocycles. The Morgan fingerprint density at radius 3 is 2.03 bits per heavy atom. The van der Waals surface area contributed by atoms with Crippen molar-refractivity contribution in [1.29, 1.82) is 0 Å². The van der Waals surface area contributed by atoms with Crippen molar-refractivity contribution in [2.75, 3.05) is 37.6 Å². The molecule has 1 saturated heterocycles. The summed E-state index contributed by atoms with van der Waals surface area (Å²) in [5.41, 5.74) is 2.13. The fourth-order valence-electron chi connectivity index (χ4n) is 5.67. The number of nitrogens with zero attached hydrogens (tertiary/aromatic N) is 4. The van der Waals surface area contributed by atoms with Crippen molar-refractivity contribution < 1.29 is 10.2 Å². The highest BCUT2D eigenvalue weighted by atomic mass is 16.3. The zero-order valence-electron chi connectivity index (χ0n) is 17.1. The van der Waals surface area contributed by atoms with Gasteiger partial charge in [-0.2, -0.15) is 0 Å². The van der Waals surface area contributed by atoms with Gasteiger partial charge in [0, 0.05) is 50.0 Å². The second kappa shape index (κ2) is 7.90. The number of anilines is 1. The lowest BCUT2D eigenvalue weighted by Crippen LogP contribution is -2.46. The van der Waals surface area contributed by atoms with Gasteiger partial charge in [0.1, 0.15) is 5.82 Å². The molecule has 0 radical (unpaired) electrons. The molecule has 156 valence electrons. The summed E-state index contributed by atoms with van der Waals surface area (Å²) in [4.78, 5) is 9.32. The van der Waals surface area contributed by atoms with E-state index in [0.29, 0.717) is 30.1 Å². The van der Waals surface area contributed by atoms with Crippen molar-refractivity contribution in [3.8, 4) is 11.8 Å². The fourth-order valence-corrected chi connectivity index (χ4v) is 5.67. The van der Waals surface area contributed by atoms with E-state index in [2.05, 4.69) is 20.9 Å². The van der Waals surface area contributed by atoms with E-state index < -0.39 is 0 Å². The second-order valence-corrected chi connectivity index (χ2v) is 8.90. The number of aromatic hydroxyl groups is 2. The van der Waals surface area contributed by atoms with Crippen LogP contribution in [0.5, 0.6) is 11.8 Å². The lowest BCUT2D eigenvalue weighted by Gasteiger charge is -2.35. The van der Waals surface area contributed by atoms with Crippen molar-refractivity contribution >= 4 is 5.82 Å². The lowest BCUT2D eigenvalue weighted by molar-refractivity contribution is 0.249. The molecule has 3 aliphatic carbocycles. The van der Waals surface area contributed by atoms with Crippen molar-refractivity contribution in [3.05, 3.63) is 35.5 Å². The van der Waals surface area contributed by atoms with Gasteiger partial charge in [0.2, 0.25) is 0 Å². The smallest absolute Gasteiger partial charge is 0.197 e. The molecule has 6 rings (SSSR count). The lowest BCUT2D eigenvalue weighted by atomic mass is 9.68. The van der Waals surface area contributed by atoms with Gasteiger partial charge in [-0.1, -0.05) is 6.07 Å². The highest BCUT2D eigenvalue weighted by Crippen LogP contribution is 2.56. The predicted molar refractivity (Wildman–Crippen MR) is 114 cm³/mol. The van der Waals surface area contributed by atoms with Gasteiger partial charge in [-0.25, -0.2) is 4.98 Å². The summed E-state index contributed by atoms with van der Waals surface area (Å²) < 4.78 is 1.78. The Bertz CT molecular complexity index is 799. The minimum absolute atomic E-state index is 0.343. The van der Waals surface area contributed by atoms with Crippen LogP contribution < -0.4 is 4.90 Å². The van der Waals surface area contributed by atoms with Crippen LogP contribution in [0, 0.1) is 0 Å². The SMILES string of the molecule is Oc1c2c(c(O)n1CCCCN1CCN(c3ccccn3)CC1)C1CCC2CC1. The Morgan fingerprint density at radius 2 is 1.45 bits per heavy atom. The van der Waals surface area contributed by atoms with Crippen LogP contribution in [0.2, 0.25) is 0 Å².